The summed E-state index contributed by atoms with van der Waals surface area (Å²) in [6.45, 7) is 0. The topological polar surface area (TPSA) is 56.5 Å². The molecule has 24 heavy (non-hydrogen) atoms. The van der Waals surface area contributed by atoms with Crippen molar-refractivity contribution in [1.82, 2.24) is 0 Å². The number of ketones is 1. The van der Waals surface area contributed by atoms with Crippen molar-refractivity contribution in [2.24, 2.45) is 0 Å². The lowest BCUT2D eigenvalue weighted by molar-refractivity contribution is 0.104. The molecule has 1 heterocycles. The van der Waals surface area contributed by atoms with E-state index in [-0.39, 0.29) is 5.56 Å². The first-order chi connectivity index (χ1) is 11.6. The monoisotopic (exact) mass is 340 g/mol. The first kappa shape index (κ1) is 16.0. The van der Waals surface area contributed by atoms with Gasteiger partial charge in [0.2, 0.25) is 0 Å². The SMILES string of the molecule is COc1ccc(C=CC(=O)c2cc3cc(Cl)ccc3oc2=O)cc1. The molecular formula is C19H13ClO4. The molecule has 0 atom stereocenters. The number of rotatable bonds is 4. The number of allylic oxidation sites excluding steroid dienone is 1. The van der Waals surface area contributed by atoms with Crippen molar-refractivity contribution >= 4 is 34.4 Å². The van der Waals surface area contributed by atoms with E-state index in [0.717, 1.165) is 11.3 Å². The van der Waals surface area contributed by atoms with E-state index >= 15 is 0 Å². The normalized spacial score (nSPS) is 11.1. The van der Waals surface area contributed by atoms with Gasteiger partial charge in [-0.2, -0.15) is 0 Å². The third-order valence-corrected chi connectivity index (χ3v) is 3.74. The largest absolute Gasteiger partial charge is 0.497 e. The van der Waals surface area contributed by atoms with Gasteiger partial charge in [0, 0.05) is 10.4 Å². The molecule has 0 amide bonds. The van der Waals surface area contributed by atoms with Gasteiger partial charge in [-0.15, -0.1) is 0 Å². The number of methoxy groups -OCH3 is 1. The smallest absolute Gasteiger partial charge is 0.347 e. The lowest BCUT2D eigenvalue weighted by Gasteiger charge is -2.00. The molecule has 0 aliphatic heterocycles. The molecule has 4 nitrogen and oxygen atoms in total. The zero-order chi connectivity index (χ0) is 17.1. The van der Waals surface area contributed by atoms with Crippen LogP contribution in [0.25, 0.3) is 17.0 Å². The highest BCUT2D eigenvalue weighted by atomic mass is 35.5. The second-order valence-electron chi connectivity index (χ2n) is 5.10. The van der Waals surface area contributed by atoms with Crippen LogP contribution in [0.4, 0.5) is 0 Å². The lowest BCUT2D eigenvalue weighted by atomic mass is 10.1. The van der Waals surface area contributed by atoms with Gasteiger partial charge in [-0.1, -0.05) is 29.8 Å². The van der Waals surface area contributed by atoms with Crippen LogP contribution in [-0.4, -0.2) is 12.9 Å². The number of halogens is 1. The third-order valence-electron chi connectivity index (χ3n) is 3.50. The minimum atomic E-state index is -0.672. The van der Waals surface area contributed by atoms with Crippen LogP contribution in [0.1, 0.15) is 15.9 Å². The van der Waals surface area contributed by atoms with Gasteiger partial charge < -0.3 is 9.15 Å². The summed E-state index contributed by atoms with van der Waals surface area (Å²) in [6.07, 6.45) is 2.97. The standard InChI is InChI=1S/C19H13ClO4/c1-23-15-6-2-12(3-7-15)4-8-17(21)16-11-13-10-14(20)5-9-18(13)24-19(16)22/h2-11H,1H3. The maximum Gasteiger partial charge on any atom is 0.347 e. The molecule has 0 aliphatic carbocycles. The Hall–Kier alpha value is -2.85. The molecule has 0 N–H and O–H groups in total. The Labute approximate surface area is 142 Å². The van der Waals surface area contributed by atoms with Crippen LogP contribution in [0.15, 0.2) is 63.8 Å². The Morgan fingerprint density at radius 1 is 1.12 bits per heavy atom. The molecule has 0 spiro atoms. The van der Waals surface area contributed by atoms with Crippen molar-refractivity contribution in [2.75, 3.05) is 7.11 Å². The van der Waals surface area contributed by atoms with Gasteiger partial charge >= 0.3 is 5.63 Å². The Kier molecular flexibility index (Phi) is 4.49. The summed E-state index contributed by atoms with van der Waals surface area (Å²) in [5, 5.41) is 1.10. The molecule has 0 radical (unpaired) electrons. The molecular weight excluding hydrogens is 328 g/mol. The molecule has 0 fully saturated rings. The summed E-state index contributed by atoms with van der Waals surface area (Å²) in [4.78, 5) is 24.3. The van der Waals surface area contributed by atoms with Gasteiger partial charge in [0.15, 0.2) is 5.78 Å². The molecule has 0 bridgehead atoms. The van der Waals surface area contributed by atoms with Crippen molar-refractivity contribution in [3.05, 3.63) is 81.2 Å². The van der Waals surface area contributed by atoms with E-state index in [0.29, 0.717) is 16.0 Å². The van der Waals surface area contributed by atoms with E-state index in [9.17, 15) is 9.59 Å². The predicted molar refractivity (Wildman–Crippen MR) is 93.9 cm³/mol. The van der Waals surface area contributed by atoms with Crippen LogP contribution in [0, 0.1) is 0 Å². The predicted octanol–water partition coefficient (Wildman–Crippen LogP) is 4.35. The first-order valence-corrected chi connectivity index (χ1v) is 7.54. The van der Waals surface area contributed by atoms with Crippen molar-refractivity contribution in [2.45, 2.75) is 0 Å². The van der Waals surface area contributed by atoms with Crippen molar-refractivity contribution in [3.8, 4) is 5.75 Å². The van der Waals surface area contributed by atoms with Crippen molar-refractivity contribution < 1.29 is 13.9 Å². The number of carbonyl (C=O) groups is 1. The van der Waals surface area contributed by atoms with E-state index in [2.05, 4.69) is 0 Å². The molecule has 3 aromatic rings. The van der Waals surface area contributed by atoms with Crippen LogP contribution < -0.4 is 10.4 Å². The first-order valence-electron chi connectivity index (χ1n) is 7.17. The molecule has 0 aliphatic rings. The fourth-order valence-electron chi connectivity index (χ4n) is 2.24. The van der Waals surface area contributed by atoms with Gasteiger partial charge in [-0.25, -0.2) is 4.79 Å². The molecule has 2 aromatic carbocycles. The summed E-state index contributed by atoms with van der Waals surface area (Å²) < 4.78 is 10.2. The number of carbonyl (C=O) groups excluding carboxylic acids is 1. The third kappa shape index (κ3) is 3.39. The lowest BCUT2D eigenvalue weighted by Crippen LogP contribution is -2.11. The zero-order valence-electron chi connectivity index (χ0n) is 12.8. The summed E-state index contributed by atoms with van der Waals surface area (Å²) in [7, 11) is 1.58. The Morgan fingerprint density at radius 2 is 1.88 bits per heavy atom. The molecule has 0 saturated heterocycles. The molecule has 120 valence electrons. The molecule has 0 saturated carbocycles. The highest BCUT2D eigenvalue weighted by Crippen LogP contribution is 2.19. The van der Waals surface area contributed by atoms with Gasteiger partial charge in [0.1, 0.15) is 16.9 Å². The van der Waals surface area contributed by atoms with Gasteiger partial charge in [-0.05, 0) is 48.0 Å². The van der Waals surface area contributed by atoms with Crippen molar-refractivity contribution in [3.63, 3.8) is 0 Å². The number of hydrogen-bond donors (Lipinski definition) is 0. The average Bonchev–Trinajstić information content (AvgIpc) is 2.60. The Balaban J connectivity index is 1.91. The second-order valence-corrected chi connectivity index (χ2v) is 5.54. The van der Waals surface area contributed by atoms with Crippen LogP contribution in [0.3, 0.4) is 0 Å². The van der Waals surface area contributed by atoms with E-state index in [1.54, 1.807) is 43.5 Å². The number of benzene rings is 2. The van der Waals surface area contributed by atoms with E-state index in [4.69, 9.17) is 20.8 Å². The summed E-state index contributed by atoms with van der Waals surface area (Å²) in [5.41, 5.74) is 0.501. The number of hydrogen-bond acceptors (Lipinski definition) is 4. The number of fused-ring (bicyclic) bond motifs is 1. The fraction of sp³-hybridized carbons (Fsp3) is 0.0526. The quantitative estimate of drug-likeness (QED) is 0.402. The maximum atomic E-state index is 12.3. The Morgan fingerprint density at radius 3 is 2.58 bits per heavy atom. The average molecular weight is 341 g/mol. The van der Waals surface area contributed by atoms with E-state index < -0.39 is 11.4 Å². The maximum absolute atomic E-state index is 12.3. The van der Waals surface area contributed by atoms with Crippen LogP contribution in [0.2, 0.25) is 5.02 Å². The highest BCUT2D eigenvalue weighted by Gasteiger charge is 2.11. The van der Waals surface area contributed by atoms with Crippen LogP contribution in [0.5, 0.6) is 5.75 Å². The van der Waals surface area contributed by atoms with Gasteiger partial charge in [-0.3, -0.25) is 4.79 Å². The summed E-state index contributed by atoms with van der Waals surface area (Å²) in [6, 6.07) is 13.6. The van der Waals surface area contributed by atoms with Crippen molar-refractivity contribution in [1.29, 1.82) is 0 Å². The Bertz CT molecular complexity index is 984. The van der Waals surface area contributed by atoms with Crippen LogP contribution >= 0.6 is 11.6 Å². The molecule has 0 unspecified atom stereocenters. The van der Waals surface area contributed by atoms with Gasteiger partial charge in [0.05, 0.1) is 7.11 Å². The van der Waals surface area contributed by atoms with E-state index in [1.165, 1.54) is 12.1 Å². The van der Waals surface area contributed by atoms with Crippen LogP contribution in [-0.2, 0) is 0 Å². The molecule has 3 rings (SSSR count). The zero-order valence-corrected chi connectivity index (χ0v) is 13.5. The van der Waals surface area contributed by atoms with E-state index in [1.807, 2.05) is 12.1 Å². The summed E-state index contributed by atoms with van der Waals surface area (Å²) >= 11 is 5.93. The molecule has 5 heteroatoms. The summed E-state index contributed by atoms with van der Waals surface area (Å²) in [5.74, 6) is 0.298. The second kappa shape index (κ2) is 6.72. The fourth-order valence-corrected chi connectivity index (χ4v) is 2.42. The minimum Gasteiger partial charge on any atom is -0.497 e. The van der Waals surface area contributed by atoms with Gasteiger partial charge in [0.25, 0.3) is 0 Å². The number of ether oxygens (including phenoxy) is 1. The highest BCUT2D eigenvalue weighted by molar-refractivity contribution is 6.31. The minimum absolute atomic E-state index is 0.0328. The molecule has 1 aromatic heterocycles.